The molecule has 1 fully saturated rings. The van der Waals surface area contributed by atoms with Crippen LogP contribution in [0.2, 0.25) is 0 Å². The van der Waals surface area contributed by atoms with Gasteiger partial charge in [-0.05, 0) is 62.6 Å². The van der Waals surface area contributed by atoms with E-state index in [1.54, 1.807) is 18.2 Å². The van der Waals surface area contributed by atoms with Crippen molar-refractivity contribution in [2.75, 3.05) is 18.1 Å². The molecule has 0 aliphatic carbocycles. The summed E-state index contributed by atoms with van der Waals surface area (Å²) in [7, 11) is 0. The number of fused-ring (bicyclic) bond motifs is 1. The van der Waals surface area contributed by atoms with E-state index in [0.717, 1.165) is 27.8 Å². The molecule has 0 radical (unpaired) electrons. The molecule has 1 aliphatic heterocycles. The zero-order chi connectivity index (χ0) is 27.7. The number of hydrogen-bond acceptors (Lipinski definition) is 7. The molecule has 39 heavy (non-hydrogen) atoms. The second kappa shape index (κ2) is 10.9. The lowest BCUT2D eigenvalue weighted by molar-refractivity contribution is -0.132. The zero-order valence-corrected chi connectivity index (χ0v) is 23.2. The number of aromatic nitrogens is 1. The van der Waals surface area contributed by atoms with Crippen molar-refractivity contribution in [1.29, 1.82) is 0 Å². The average Bonchev–Trinajstić information content (AvgIpc) is 3.46. The number of nitrogens with zero attached hydrogens (tertiary/aromatic N) is 2. The van der Waals surface area contributed by atoms with Crippen LogP contribution < -0.4 is 14.4 Å². The number of ether oxygens (including phenoxy) is 2. The summed E-state index contributed by atoms with van der Waals surface area (Å²) in [6, 6.07) is 17.8. The van der Waals surface area contributed by atoms with E-state index in [0.29, 0.717) is 41.0 Å². The molecule has 7 nitrogen and oxygen atoms in total. The smallest absolute Gasteiger partial charge is 0.301 e. The van der Waals surface area contributed by atoms with Gasteiger partial charge in [-0.25, -0.2) is 4.98 Å². The highest BCUT2D eigenvalue weighted by molar-refractivity contribution is 7.22. The molecule has 1 N–H and O–H groups in total. The van der Waals surface area contributed by atoms with Crippen LogP contribution in [0.1, 0.15) is 49.1 Å². The third-order valence-electron chi connectivity index (χ3n) is 6.68. The van der Waals surface area contributed by atoms with Crippen LogP contribution in [0, 0.1) is 6.92 Å². The average molecular weight is 543 g/mol. The van der Waals surface area contributed by atoms with Gasteiger partial charge in [-0.15, -0.1) is 0 Å². The molecule has 1 saturated heterocycles. The summed E-state index contributed by atoms with van der Waals surface area (Å²) < 4.78 is 12.3. The van der Waals surface area contributed by atoms with Crippen molar-refractivity contribution < 1.29 is 24.2 Å². The largest absolute Gasteiger partial charge is 0.507 e. The first-order chi connectivity index (χ1) is 18.9. The van der Waals surface area contributed by atoms with Gasteiger partial charge in [0.05, 0.1) is 40.6 Å². The number of hydrogen-bond donors (Lipinski definition) is 1. The highest BCUT2D eigenvalue weighted by atomic mass is 32.1. The maximum absolute atomic E-state index is 13.6. The fourth-order valence-electron chi connectivity index (χ4n) is 4.84. The monoisotopic (exact) mass is 542 g/mol. The normalized spacial score (nSPS) is 16.7. The van der Waals surface area contributed by atoms with Crippen LogP contribution in [-0.2, 0) is 16.0 Å². The summed E-state index contributed by atoms with van der Waals surface area (Å²) >= 11 is 1.36. The van der Waals surface area contributed by atoms with Crippen LogP contribution in [-0.4, -0.2) is 35.0 Å². The number of anilines is 1. The Balaban J connectivity index is 1.72. The quantitative estimate of drug-likeness (QED) is 0.153. The molecule has 3 aromatic carbocycles. The number of rotatable bonds is 8. The van der Waals surface area contributed by atoms with Crippen LogP contribution in [0.5, 0.6) is 11.5 Å². The standard InChI is InChI=1S/C31H30N2O5S/c1-5-19-11-14-23-25(16-19)39-31(32-23)33-27(20-10-8-9-18(4)15-20)26(29(35)30(33)36)28(34)22-13-12-21(37-6-2)17-24(22)38-7-3/h8-17,27,34H,5-7H2,1-4H3/b28-26+. The predicted molar refractivity (Wildman–Crippen MR) is 154 cm³/mol. The molecule has 5 rings (SSSR count). The number of Topliss-reactive ketones (excluding diaryl/α,β-unsaturated/α-hetero) is 1. The van der Waals surface area contributed by atoms with Crippen molar-refractivity contribution in [3.63, 3.8) is 0 Å². The van der Waals surface area contributed by atoms with Crippen molar-refractivity contribution in [2.45, 2.75) is 40.2 Å². The Hall–Kier alpha value is -4.17. The molecule has 200 valence electrons. The molecule has 1 amide bonds. The summed E-state index contributed by atoms with van der Waals surface area (Å²) in [6.45, 7) is 8.55. The van der Waals surface area contributed by atoms with E-state index in [1.165, 1.54) is 16.2 Å². The molecule has 8 heteroatoms. The van der Waals surface area contributed by atoms with Gasteiger partial charge in [0.1, 0.15) is 17.3 Å². The first kappa shape index (κ1) is 26.4. The van der Waals surface area contributed by atoms with Gasteiger partial charge in [-0.3, -0.25) is 14.5 Å². The van der Waals surface area contributed by atoms with Gasteiger partial charge in [0, 0.05) is 6.07 Å². The lowest BCUT2D eigenvalue weighted by atomic mass is 9.94. The van der Waals surface area contributed by atoms with E-state index in [9.17, 15) is 14.7 Å². The van der Waals surface area contributed by atoms with Crippen molar-refractivity contribution in [3.05, 3.63) is 88.5 Å². The molecule has 1 unspecified atom stereocenters. The van der Waals surface area contributed by atoms with Gasteiger partial charge in [0.25, 0.3) is 5.78 Å². The zero-order valence-electron chi connectivity index (χ0n) is 22.4. The first-order valence-electron chi connectivity index (χ1n) is 13.0. The first-order valence-corrected chi connectivity index (χ1v) is 13.8. The van der Waals surface area contributed by atoms with Gasteiger partial charge < -0.3 is 14.6 Å². The summed E-state index contributed by atoms with van der Waals surface area (Å²) in [5.41, 5.74) is 3.88. The third-order valence-corrected chi connectivity index (χ3v) is 7.69. The fourth-order valence-corrected chi connectivity index (χ4v) is 5.90. The maximum Gasteiger partial charge on any atom is 0.301 e. The van der Waals surface area contributed by atoms with Crippen molar-refractivity contribution in [2.24, 2.45) is 0 Å². The molecule has 2 heterocycles. The van der Waals surface area contributed by atoms with E-state index in [1.807, 2.05) is 57.2 Å². The van der Waals surface area contributed by atoms with Crippen molar-refractivity contribution in [3.8, 4) is 11.5 Å². The van der Waals surface area contributed by atoms with Gasteiger partial charge in [-0.1, -0.05) is 54.2 Å². The minimum Gasteiger partial charge on any atom is -0.507 e. The Kier molecular flexibility index (Phi) is 7.39. The molecule has 4 aromatic rings. The van der Waals surface area contributed by atoms with E-state index >= 15 is 0 Å². The van der Waals surface area contributed by atoms with E-state index < -0.39 is 17.7 Å². The minimum absolute atomic E-state index is 0.00998. The van der Waals surface area contributed by atoms with Crippen LogP contribution in [0.3, 0.4) is 0 Å². The van der Waals surface area contributed by atoms with E-state index in [2.05, 4.69) is 13.0 Å². The summed E-state index contributed by atoms with van der Waals surface area (Å²) in [4.78, 5) is 33.4. The number of benzene rings is 3. The Morgan fingerprint density at radius 2 is 1.79 bits per heavy atom. The van der Waals surface area contributed by atoms with Crippen LogP contribution in [0.25, 0.3) is 16.0 Å². The second-order valence-corrected chi connectivity index (χ2v) is 10.3. The Bertz CT molecular complexity index is 1610. The van der Waals surface area contributed by atoms with E-state index in [-0.39, 0.29) is 11.3 Å². The number of aliphatic hydroxyl groups excluding tert-OH is 1. The second-order valence-electron chi connectivity index (χ2n) is 9.26. The molecule has 1 atom stereocenters. The number of carbonyl (C=O) groups is 2. The molecule has 0 bridgehead atoms. The molecule has 0 saturated carbocycles. The Morgan fingerprint density at radius 3 is 2.51 bits per heavy atom. The lowest BCUT2D eigenvalue weighted by Gasteiger charge is -2.23. The van der Waals surface area contributed by atoms with Gasteiger partial charge in [0.2, 0.25) is 0 Å². The van der Waals surface area contributed by atoms with Crippen LogP contribution in [0.4, 0.5) is 5.13 Å². The number of thiazole rings is 1. The number of aliphatic hydroxyl groups is 1. The Labute approximate surface area is 231 Å². The van der Waals surface area contributed by atoms with Gasteiger partial charge in [-0.2, -0.15) is 0 Å². The molecule has 1 aromatic heterocycles. The minimum atomic E-state index is -0.864. The number of amides is 1. The Morgan fingerprint density at radius 1 is 1.00 bits per heavy atom. The molecular weight excluding hydrogens is 512 g/mol. The SMILES string of the molecule is CCOc1ccc(/C(O)=C2\C(=O)C(=O)N(c3nc4ccc(CC)cc4s3)C2c2cccc(C)c2)c(OCC)c1. The van der Waals surface area contributed by atoms with Crippen LogP contribution in [0.15, 0.2) is 66.2 Å². The fraction of sp³-hybridized carbons (Fsp3) is 0.258. The van der Waals surface area contributed by atoms with Gasteiger partial charge >= 0.3 is 5.91 Å². The predicted octanol–water partition coefficient (Wildman–Crippen LogP) is 6.59. The number of ketones is 1. The number of carbonyl (C=O) groups excluding carboxylic acids is 2. The van der Waals surface area contributed by atoms with Crippen molar-refractivity contribution in [1.82, 2.24) is 4.98 Å². The lowest BCUT2D eigenvalue weighted by Crippen LogP contribution is -2.29. The highest BCUT2D eigenvalue weighted by Crippen LogP contribution is 2.45. The van der Waals surface area contributed by atoms with E-state index in [4.69, 9.17) is 14.5 Å². The molecule has 1 aliphatic rings. The van der Waals surface area contributed by atoms with Gasteiger partial charge in [0.15, 0.2) is 5.13 Å². The topological polar surface area (TPSA) is 89.0 Å². The molecule has 0 spiro atoms. The van der Waals surface area contributed by atoms with Crippen molar-refractivity contribution >= 4 is 44.1 Å². The summed E-state index contributed by atoms with van der Waals surface area (Å²) in [5, 5.41) is 12.1. The molecular formula is C31H30N2O5S. The third kappa shape index (κ3) is 4.88. The number of aryl methyl sites for hydroxylation is 2. The summed E-state index contributed by atoms with van der Waals surface area (Å²) in [6.07, 6.45) is 0.876. The maximum atomic E-state index is 13.6. The highest BCUT2D eigenvalue weighted by Gasteiger charge is 2.48. The van der Waals surface area contributed by atoms with Crippen LogP contribution >= 0.6 is 11.3 Å². The summed E-state index contributed by atoms with van der Waals surface area (Å²) in [5.74, 6) is -0.870.